The fourth-order valence-electron chi connectivity index (χ4n) is 1.90. The Morgan fingerprint density at radius 2 is 2.11 bits per heavy atom. The number of carbonyl (C=O) groups excluding carboxylic acids is 2. The van der Waals surface area contributed by atoms with Gasteiger partial charge in [0.1, 0.15) is 6.04 Å². The maximum Gasteiger partial charge on any atom is 0.244 e. The Balaban J connectivity index is 2.70. The van der Waals surface area contributed by atoms with E-state index in [-0.39, 0.29) is 36.3 Å². The summed E-state index contributed by atoms with van der Waals surface area (Å²) in [5, 5.41) is 2.56. The average molecular weight is 271 g/mol. The van der Waals surface area contributed by atoms with Crippen molar-refractivity contribution in [1.29, 1.82) is 0 Å². The first kappa shape index (κ1) is 15.9. The summed E-state index contributed by atoms with van der Waals surface area (Å²) < 4.78 is 5.27. The van der Waals surface area contributed by atoms with Crippen molar-refractivity contribution >= 4 is 11.8 Å². The summed E-state index contributed by atoms with van der Waals surface area (Å²) in [6, 6.07) is -0.772. The zero-order chi connectivity index (χ0) is 14.6. The van der Waals surface area contributed by atoms with Crippen LogP contribution < -0.4 is 11.1 Å². The third kappa shape index (κ3) is 4.18. The number of nitrogens with zero attached hydrogens (tertiary/aromatic N) is 1. The van der Waals surface area contributed by atoms with Crippen molar-refractivity contribution in [2.75, 3.05) is 26.8 Å². The molecule has 19 heavy (non-hydrogen) atoms. The number of hydrogen-bond acceptors (Lipinski definition) is 4. The van der Waals surface area contributed by atoms with Crippen LogP contribution in [0.25, 0.3) is 0 Å². The molecule has 1 heterocycles. The highest BCUT2D eigenvalue weighted by Crippen LogP contribution is 2.21. The van der Waals surface area contributed by atoms with Gasteiger partial charge >= 0.3 is 0 Å². The molecule has 0 aliphatic carbocycles. The Hall–Kier alpha value is -1.14. The molecule has 2 unspecified atom stereocenters. The summed E-state index contributed by atoms with van der Waals surface area (Å²) in [6.45, 7) is 7.15. The van der Waals surface area contributed by atoms with Crippen molar-refractivity contribution in [3.8, 4) is 0 Å². The molecule has 6 nitrogen and oxygen atoms in total. The zero-order valence-corrected chi connectivity index (χ0v) is 12.2. The third-order valence-electron chi connectivity index (χ3n) is 3.50. The Labute approximate surface area is 114 Å². The molecular weight excluding hydrogens is 246 g/mol. The second-order valence-corrected chi connectivity index (χ2v) is 5.97. The number of hydrogen-bond donors (Lipinski definition) is 2. The molecule has 1 saturated heterocycles. The van der Waals surface area contributed by atoms with E-state index in [1.54, 1.807) is 11.9 Å². The molecule has 2 atom stereocenters. The quantitative estimate of drug-likeness (QED) is 0.739. The molecule has 0 spiro atoms. The lowest BCUT2D eigenvalue weighted by Gasteiger charge is -2.36. The first-order chi connectivity index (χ1) is 8.77. The van der Waals surface area contributed by atoms with Gasteiger partial charge < -0.3 is 20.7 Å². The van der Waals surface area contributed by atoms with Crippen LogP contribution in [-0.2, 0) is 14.3 Å². The van der Waals surface area contributed by atoms with Gasteiger partial charge in [0.05, 0.1) is 13.2 Å². The predicted molar refractivity (Wildman–Crippen MR) is 72.4 cm³/mol. The zero-order valence-electron chi connectivity index (χ0n) is 12.2. The summed E-state index contributed by atoms with van der Waals surface area (Å²) in [5.74, 6) is -0.281. The van der Waals surface area contributed by atoms with Gasteiger partial charge in [-0.1, -0.05) is 20.8 Å². The number of morpholine rings is 1. The van der Waals surface area contributed by atoms with Gasteiger partial charge in [0, 0.05) is 26.1 Å². The lowest BCUT2D eigenvalue weighted by Crippen LogP contribution is -2.56. The van der Waals surface area contributed by atoms with Crippen molar-refractivity contribution in [3.05, 3.63) is 0 Å². The summed E-state index contributed by atoms with van der Waals surface area (Å²) in [6.07, 6.45) is 0.247. The molecule has 0 bridgehead atoms. The number of amides is 2. The molecule has 0 aromatic rings. The Morgan fingerprint density at radius 1 is 1.47 bits per heavy atom. The lowest BCUT2D eigenvalue weighted by atomic mass is 9.85. The van der Waals surface area contributed by atoms with E-state index >= 15 is 0 Å². The minimum atomic E-state index is -0.543. The van der Waals surface area contributed by atoms with E-state index < -0.39 is 6.04 Å². The van der Waals surface area contributed by atoms with E-state index in [0.29, 0.717) is 13.2 Å². The van der Waals surface area contributed by atoms with E-state index in [2.05, 4.69) is 5.32 Å². The van der Waals surface area contributed by atoms with Crippen LogP contribution in [0.3, 0.4) is 0 Å². The average Bonchev–Trinajstić information content (AvgIpc) is 2.36. The molecule has 0 aromatic heterocycles. The fraction of sp³-hybridized carbons (Fsp3) is 0.846. The van der Waals surface area contributed by atoms with Crippen molar-refractivity contribution < 1.29 is 14.3 Å². The maximum absolute atomic E-state index is 12.3. The van der Waals surface area contributed by atoms with E-state index in [9.17, 15) is 9.59 Å². The lowest BCUT2D eigenvalue weighted by molar-refractivity contribution is -0.148. The molecule has 1 aliphatic heterocycles. The maximum atomic E-state index is 12.3. The van der Waals surface area contributed by atoms with Gasteiger partial charge in [0.15, 0.2) is 0 Å². The minimum absolute atomic E-state index is 0.0840. The molecule has 1 rings (SSSR count). The summed E-state index contributed by atoms with van der Waals surface area (Å²) in [4.78, 5) is 25.6. The number of nitrogens with one attached hydrogen (secondary N) is 1. The van der Waals surface area contributed by atoms with Gasteiger partial charge in [-0.3, -0.25) is 9.59 Å². The second kappa shape index (κ2) is 6.34. The molecule has 110 valence electrons. The van der Waals surface area contributed by atoms with E-state index in [4.69, 9.17) is 10.5 Å². The Kier molecular flexibility index (Phi) is 5.31. The smallest absolute Gasteiger partial charge is 0.244 e. The Bertz CT molecular complexity index is 339. The summed E-state index contributed by atoms with van der Waals surface area (Å²) >= 11 is 0. The molecule has 1 aliphatic rings. The summed E-state index contributed by atoms with van der Waals surface area (Å²) in [7, 11) is 1.56. The molecule has 3 N–H and O–H groups in total. The van der Waals surface area contributed by atoms with Crippen molar-refractivity contribution in [2.24, 2.45) is 11.1 Å². The van der Waals surface area contributed by atoms with Gasteiger partial charge in [-0.15, -0.1) is 0 Å². The highest BCUT2D eigenvalue weighted by Gasteiger charge is 2.34. The number of likely N-dealkylation sites (N-methyl/N-ethyl adjacent to an activating group) is 1. The molecule has 0 saturated carbocycles. The van der Waals surface area contributed by atoms with E-state index in [1.165, 1.54) is 0 Å². The third-order valence-corrected chi connectivity index (χ3v) is 3.50. The fourth-order valence-corrected chi connectivity index (χ4v) is 1.90. The van der Waals surface area contributed by atoms with Crippen LogP contribution in [0.5, 0.6) is 0 Å². The van der Waals surface area contributed by atoms with Gasteiger partial charge in [0.25, 0.3) is 0 Å². The van der Waals surface area contributed by atoms with Gasteiger partial charge in [0.2, 0.25) is 11.8 Å². The van der Waals surface area contributed by atoms with Crippen LogP contribution in [0, 0.1) is 5.41 Å². The number of rotatable bonds is 3. The van der Waals surface area contributed by atoms with Crippen molar-refractivity contribution in [1.82, 2.24) is 10.2 Å². The van der Waals surface area contributed by atoms with Crippen LogP contribution in [0.15, 0.2) is 0 Å². The molecule has 0 aromatic carbocycles. The summed E-state index contributed by atoms with van der Waals surface area (Å²) in [5.41, 5.74) is 5.90. The van der Waals surface area contributed by atoms with Crippen LogP contribution in [-0.4, -0.2) is 55.6 Å². The van der Waals surface area contributed by atoms with Crippen molar-refractivity contribution in [3.63, 3.8) is 0 Å². The molecule has 0 radical (unpaired) electrons. The van der Waals surface area contributed by atoms with Gasteiger partial charge in [-0.25, -0.2) is 0 Å². The van der Waals surface area contributed by atoms with Gasteiger partial charge in [-0.2, -0.15) is 0 Å². The normalized spacial score (nSPS) is 21.9. The molecule has 6 heteroatoms. The topological polar surface area (TPSA) is 84.7 Å². The first-order valence-electron chi connectivity index (χ1n) is 6.61. The minimum Gasteiger partial charge on any atom is -0.377 e. The molecule has 2 amide bonds. The second-order valence-electron chi connectivity index (χ2n) is 5.97. The first-order valence-corrected chi connectivity index (χ1v) is 6.61. The highest BCUT2D eigenvalue weighted by molar-refractivity contribution is 5.88. The molecule has 1 fully saturated rings. The van der Waals surface area contributed by atoms with E-state index in [0.717, 1.165) is 0 Å². The SMILES string of the molecule is CNC(=O)C1COCCN1C(=O)CC(N)C(C)(C)C. The largest absolute Gasteiger partial charge is 0.377 e. The van der Waals surface area contributed by atoms with Crippen molar-refractivity contribution in [2.45, 2.75) is 39.3 Å². The van der Waals surface area contributed by atoms with Crippen LogP contribution in [0.2, 0.25) is 0 Å². The van der Waals surface area contributed by atoms with Crippen LogP contribution in [0.4, 0.5) is 0 Å². The Morgan fingerprint density at radius 3 is 2.63 bits per heavy atom. The van der Waals surface area contributed by atoms with Gasteiger partial charge in [-0.05, 0) is 5.41 Å². The number of ether oxygens (including phenoxy) is 1. The highest BCUT2D eigenvalue weighted by atomic mass is 16.5. The standard InChI is InChI=1S/C13H25N3O3/c1-13(2,3)10(14)7-11(17)16-5-6-19-8-9(16)12(18)15-4/h9-10H,5-8,14H2,1-4H3,(H,15,18). The number of carbonyl (C=O) groups is 2. The number of nitrogens with two attached hydrogens (primary N) is 1. The monoisotopic (exact) mass is 271 g/mol. The predicted octanol–water partition coefficient (Wildman–Crippen LogP) is -0.277. The van der Waals surface area contributed by atoms with Crippen LogP contribution in [0.1, 0.15) is 27.2 Å². The molecular formula is C13H25N3O3. The van der Waals surface area contributed by atoms with E-state index in [1.807, 2.05) is 20.8 Å². The van der Waals surface area contributed by atoms with Crippen LogP contribution >= 0.6 is 0 Å².